The second kappa shape index (κ2) is 7.40. The Balaban J connectivity index is 1.51. The van der Waals surface area contributed by atoms with E-state index in [0.717, 1.165) is 57.0 Å². The van der Waals surface area contributed by atoms with Crippen LogP contribution in [0.3, 0.4) is 0 Å². The zero-order valence-corrected chi connectivity index (χ0v) is 16.3. The molecule has 0 radical (unpaired) electrons. The van der Waals surface area contributed by atoms with Crippen LogP contribution in [0.2, 0.25) is 0 Å². The maximum Gasteiger partial charge on any atom is 0.135 e. The molecule has 1 fully saturated rings. The molecule has 1 atom stereocenters. The molecule has 5 nitrogen and oxygen atoms in total. The molecule has 1 aromatic heterocycles. The number of nitrogens with zero attached hydrogens (tertiary/aromatic N) is 3. The molecule has 0 saturated carbocycles. The zero-order valence-electron chi connectivity index (χ0n) is 16.3. The van der Waals surface area contributed by atoms with E-state index in [1.807, 2.05) is 0 Å². The number of piperazine rings is 1. The van der Waals surface area contributed by atoms with Crippen LogP contribution in [0.15, 0.2) is 42.7 Å². The molecule has 5 heteroatoms. The lowest BCUT2D eigenvalue weighted by Crippen LogP contribution is -2.44. The second-order valence-corrected chi connectivity index (χ2v) is 7.74. The molecule has 1 unspecified atom stereocenters. The van der Waals surface area contributed by atoms with Crippen LogP contribution in [0.4, 0.5) is 5.82 Å². The van der Waals surface area contributed by atoms with Crippen LogP contribution in [0, 0.1) is 0 Å². The summed E-state index contributed by atoms with van der Waals surface area (Å²) >= 11 is 0. The van der Waals surface area contributed by atoms with Gasteiger partial charge in [0, 0.05) is 37.4 Å². The topological polar surface area (TPSA) is 50.3 Å². The molecule has 5 rings (SSSR count). The predicted molar refractivity (Wildman–Crippen MR) is 112 cm³/mol. The van der Waals surface area contributed by atoms with Gasteiger partial charge in [0.2, 0.25) is 0 Å². The fraction of sp³-hybridized carbons (Fsp3) is 0.391. The number of rotatable bonds is 3. The van der Waals surface area contributed by atoms with Gasteiger partial charge in [0.25, 0.3) is 0 Å². The van der Waals surface area contributed by atoms with Crippen LogP contribution < -0.4 is 15.0 Å². The van der Waals surface area contributed by atoms with Gasteiger partial charge in [0.1, 0.15) is 17.9 Å². The molecule has 2 heterocycles. The highest BCUT2D eigenvalue weighted by Gasteiger charge is 2.27. The minimum absolute atomic E-state index is 0.457. The van der Waals surface area contributed by atoms with Crippen molar-refractivity contribution in [3.8, 4) is 5.75 Å². The number of aromatic nitrogens is 2. The van der Waals surface area contributed by atoms with Crippen molar-refractivity contribution in [3.63, 3.8) is 0 Å². The third-order valence-electron chi connectivity index (χ3n) is 6.15. The van der Waals surface area contributed by atoms with Crippen LogP contribution in [0.25, 0.3) is 10.8 Å². The summed E-state index contributed by atoms with van der Waals surface area (Å²) in [5, 5.41) is 5.99. The number of benzene rings is 2. The van der Waals surface area contributed by atoms with Crippen molar-refractivity contribution >= 4 is 16.6 Å². The first-order chi connectivity index (χ1) is 13.8. The average molecular weight is 374 g/mol. The first kappa shape index (κ1) is 17.4. The zero-order chi connectivity index (χ0) is 18.9. The van der Waals surface area contributed by atoms with Crippen molar-refractivity contribution in [3.05, 3.63) is 59.5 Å². The largest absolute Gasteiger partial charge is 0.497 e. The van der Waals surface area contributed by atoms with Gasteiger partial charge in [-0.2, -0.15) is 0 Å². The number of ether oxygens (including phenoxy) is 1. The van der Waals surface area contributed by atoms with Crippen molar-refractivity contribution in [2.75, 3.05) is 38.2 Å². The molecule has 2 aliphatic rings. The maximum atomic E-state index is 5.58. The summed E-state index contributed by atoms with van der Waals surface area (Å²) in [6.45, 7) is 4.09. The summed E-state index contributed by atoms with van der Waals surface area (Å²) in [4.78, 5) is 11.8. The molecular formula is C23H26N4O. The molecule has 3 aromatic rings. The molecular weight excluding hydrogens is 348 g/mol. The molecule has 0 amide bonds. The summed E-state index contributed by atoms with van der Waals surface area (Å²) in [6.07, 6.45) is 4.87. The van der Waals surface area contributed by atoms with E-state index in [2.05, 4.69) is 56.6 Å². The first-order valence-electron chi connectivity index (χ1n) is 10.2. The Morgan fingerprint density at radius 2 is 1.96 bits per heavy atom. The van der Waals surface area contributed by atoms with E-state index >= 15 is 0 Å². The number of anilines is 1. The van der Waals surface area contributed by atoms with E-state index in [0.29, 0.717) is 5.92 Å². The van der Waals surface area contributed by atoms with Gasteiger partial charge in [0.15, 0.2) is 0 Å². The van der Waals surface area contributed by atoms with Crippen LogP contribution in [0.5, 0.6) is 5.75 Å². The van der Waals surface area contributed by atoms with Crippen molar-refractivity contribution in [2.45, 2.75) is 25.2 Å². The number of fused-ring (bicyclic) bond motifs is 2. The number of nitrogens with one attached hydrogen (secondary N) is 1. The summed E-state index contributed by atoms with van der Waals surface area (Å²) in [6, 6.07) is 13.0. The number of hydrogen-bond acceptors (Lipinski definition) is 5. The Labute approximate surface area is 165 Å². The molecule has 144 valence electrons. The molecule has 1 aliphatic carbocycles. The lowest BCUT2D eigenvalue weighted by Gasteiger charge is -2.33. The lowest BCUT2D eigenvalue weighted by molar-refractivity contribution is 0.414. The molecule has 1 N–H and O–H groups in total. The van der Waals surface area contributed by atoms with E-state index in [4.69, 9.17) is 4.74 Å². The van der Waals surface area contributed by atoms with E-state index in [1.165, 1.54) is 27.6 Å². The summed E-state index contributed by atoms with van der Waals surface area (Å²) in [7, 11) is 1.75. The Bertz CT molecular complexity index is 997. The Kier molecular flexibility index (Phi) is 4.61. The Morgan fingerprint density at radius 3 is 2.82 bits per heavy atom. The van der Waals surface area contributed by atoms with Gasteiger partial charge in [-0.05, 0) is 53.6 Å². The van der Waals surface area contributed by atoms with Crippen LogP contribution >= 0.6 is 0 Å². The normalized spacial score (nSPS) is 19.5. The van der Waals surface area contributed by atoms with Crippen molar-refractivity contribution in [1.29, 1.82) is 0 Å². The molecule has 1 saturated heterocycles. The fourth-order valence-electron chi connectivity index (χ4n) is 4.71. The summed E-state index contributed by atoms with van der Waals surface area (Å²) < 4.78 is 5.58. The van der Waals surface area contributed by atoms with E-state index < -0.39 is 0 Å². The van der Waals surface area contributed by atoms with Crippen molar-refractivity contribution in [2.24, 2.45) is 0 Å². The molecule has 2 aromatic carbocycles. The average Bonchev–Trinajstić information content (AvgIpc) is 2.78. The maximum absolute atomic E-state index is 5.58. The van der Waals surface area contributed by atoms with Crippen LogP contribution in [0.1, 0.15) is 29.2 Å². The van der Waals surface area contributed by atoms with Gasteiger partial charge in [-0.1, -0.05) is 24.3 Å². The number of hydrogen-bond donors (Lipinski definition) is 1. The van der Waals surface area contributed by atoms with Crippen molar-refractivity contribution < 1.29 is 4.74 Å². The molecule has 1 aliphatic heterocycles. The van der Waals surface area contributed by atoms with Crippen molar-refractivity contribution in [1.82, 2.24) is 15.3 Å². The summed E-state index contributed by atoms with van der Waals surface area (Å²) in [5.41, 5.74) is 3.95. The van der Waals surface area contributed by atoms with Crippen LogP contribution in [-0.2, 0) is 12.8 Å². The van der Waals surface area contributed by atoms with Gasteiger partial charge >= 0.3 is 0 Å². The standard InChI is InChI=1S/C23H26N4O/c1-28-18-12-16-4-2-3-5-19(16)21(14-18)17-6-7-20-22(13-17)25-15-26-23(20)27-10-8-24-9-11-27/h2-5,12,14-15,17,24H,6-11,13H2,1H3. The Morgan fingerprint density at radius 1 is 1.11 bits per heavy atom. The SMILES string of the molecule is COc1cc(C2CCc3c(ncnc3N3CCNCC3)C2)c2ccccc2c1. The van der Waals surface area contributed by atoms with E-state index in [9.17, 15) is 0 Å². The predicted octanol–water partition coefficient (Wildman–Crippen LogP) is 3.32. The smallest absolute Gasteiger partial charge is 0.135 e. The highest BCUT2D eigenvalue weighted by Crippen LogP contribution is 2.39. The highest BCUT2D eigenvalue weighted by atomic mass is 16.5. The first-order valence-corrected chi connectivity index (χ1v) is 10.2. The third-order valence-corrected chi connectivity index (χ3v) is 6.15. The van der Waals surface area contributed by atoms with Gasteiger partial charge in [-0.15, -0.1) is 0 Å². The lowest BCUT2D eigenvalue weighted by atomic mass is 9.80. The number of methoxy groups -OCH3 is 1. The van der Waals surface area contributed by atoms with Gasteiger partial charge in [-0.3, -0.25) is 0 Å². The van der Waals surface area contributed by atoms with E-state index in [1.54, 1.807) is 13.4 Å². The minimum Gasteiger partial charge on any atom is -0.497 e. The second-order valence-electron chi connectivity index (χ2n) is 7.74. The van der Waals surface area contributed by atoms with Gasteiger partial charge < -0.3 is 15.0 Å². The molecule has 0 bridgehead atoms. The Hall–Kier alpha value is -2.66. The van der Waals surface area contributed by atoms with Gasteiger partial charge in [-0.25, -0.2) is 9.97 Å². The van der Waals surface area contributed by atoms with E-state index in [-0.39, 0.29) is 0 Å². The monoisotopic (exact) mass is 374 g/mol. The third kappa shape index (κ3) is 3.10. The molecule has 0 spiro atoms. The van der Waals surface area contributed by atoms with Crippen LogP contribution in [-0.4, -0.2) is 43.3 Å². The minimum atomic E-state index is 0.457. The fourth-order valence-corrected chi connectivity index (χ4v) is 4.71. The quantitative estimate of drug-likeness (QED) is 0.762. The highest BCUT2D eigenvalue weighted by molar-refractivity contribution is 5.87. The van der Waals surface area contributed by atoms with Gasteiger partial charge in [0.05, 0.1) is 7.11 Å². The molecule has 28 heavy (non-hydrogen) atoms. The summed E-state index contributed by atoms with van der Waals surface area (Å²) in [5.74, 6) is 2.54.